The second-order valence-corrected chi connectivity index (χ2v) is 5.66. The molecule has 18 heavy (non-hydrogen) atoms. The van der Waals surface area contributed by atoms with Gasteiger partial charge in [-0.2, -0.15) is 0 Å². The Kier molecular flexibility index (Phi) is 4.45. The van der Waals surface area contributed by atoms with Crippen LogP contribution in [0.15, 0.2) is 0 Å². The van der Waals surface area contributed by atoms with Gasteiger partial charge in [0.05, 0.1) is 5.60 Å². The first kappa shape index (κ1) is 13.6. The summed E-state index contributed by atoms with van der Waals surface area (Å²) in [5, 5.41) is 6.39. The molecular formula is C13H25N3O2. The van der Waals surface area contributed by atoms with Crippen LogP contribution >= 0.6 is 0 Å². The summed E-state index contributed by atoms with van der Waals surface area (Å²) < 4.78 is 5.89. The third kappa shape index (κ3) is 3.36. The molecule has 1 saturated heterocycles. The number of nitrogens with one attached hydrogen (secondary N) is 2. The molecule has 1 spiro atoms. The average molecular weight is 255 g/mol. The van der Waals surface area contributed by atoms with Crippen LogP contribution in [0.2, 0.25) is 0 Å². The van der Waals surface area contributed by atoms with E-state index in [2.05, 4.69) is 10.6 Å². The summed E-state index contributed by atoms with van der Waals surface area (Å²) in [5.41, 5.74) is 0.197. The normalized spacial score (nSPS) is 25.6. The molecule has 5 nitrogen and oxygen atoms in total. The summed E-state index contributed by atoms with van der Waals surface area (Å²) in [6, 6.07) is 0.523. The van der Waals surface area contributed by atoms with Gasteiger partial charge < -0.3 is 20.3 Å². The maximum absolute atomic E-state index is 11.3. The van der Waals surface area contributed by atoms with E-state index in [-0.39, 0.29) is 11.6 Å². The van der Waals surface area contributed by atoms with E-state index in [4.69, 9.17) is 4.74 Å². The van der Waals surface area contributed by atoms with Gasteiger partial charge in [0, 0.05) is 39.8 Å². The van der Waals surface area contributed by atoms with Gasteiger partial charge in [-0.3, -0.25) is 0 Å². The third-order valence-corrected chi connectivity index (χ3v) is 4.00. The Balaban J connectivity index is 1.60. The van der Waals surface area contributed by atoms with Crippen molar-refractivity contribution in [1.82, 2.24) is 15.5 Å². The summed E-state index contributed by atoms with van der Waals surface area (Å²) in [6.45, 7) is 2.39. The van der Waals surface area contributed by atoms with Crippen molar-refractivity contribution in [2.75, 3.05) is 33.8 Å². The molecule has 104 valence electrons. The second-order valence-electron chi connectivity index (χ2n) is 5.66. The van der Waals surface area contributed by atoms with Crippen LogP contribution < -0.4 is 10.6 Å². The topological polar surface area (TPSA) is 53.6 Å². The molecule has 2 fully saturated rings. The average Bonchev–Trinajstić information content (AvgIpc) is 2.32. The Bertz CT molecular complexity index is 290. The zero-order valence-electron chi connectivity index (χ0n) is 11.5. The Morgan fingerprint density at radius 3 is 2.78 bits per heavy atom. The van der Waals surface area contributed by atoms with Gasteiger partial charge in [-0.15, -0.1) is 0 Å². The van der Waals surface area contributed by atoms with Crippen molar-refractivity contribution in [2.45, 2.75) is 43.7 Å². The number of carbonyl (C=O) groups excluding carboxylic acids is 1. The lowest BCUT2D eigenvalue weighted by molar-refractivity contribution is -0.135. The number of hydrogen-bond donors (Lipinski definition) is 2. The van der Waals surface area contributed by atoms with Gasteiger partial charge in [0.2, 0.25) is 0 Å². The Morgan fingerprint density at radius 2 is 2.17 bits per heavy atom. The number of carbonyl (C=O) groups is 1. The van der Waals surface area contributed by atoms with E-state index >= 15 is 0 Å². The molecule has 0 radical (unpaired) electrons. The molecule has 1 saturated carbocycles. The molecule has 5 heteroatoms. The van der Waals surface area contributed by atoms with Gasteiger partial charge in [0.15, 0.2) is 0 Å². The molecule has 0 aromatic carbocycles. The van der Waals surface area contributed by atoms with Crippen LogP contribution in [0.25, 0.3) is 0 Å². The van der Waals surface area contributed by atoms with Crippen LogP contribution in [0.1, 0.15) is 32.1 Å². The minimum absolute atomic E-state index is 0.0285. The lowest BCUT2D eigenvalue weighted by atomic mass is 9.74. The lowest BCUT2D eigenvalue weighted by Gasteiger charge is -2.47. The van der Waals surface area contributed by atoms with E-state index < -0.39 is 0 Å². The van der Waals surface area contributed by atoms with E-state index in [9.17, 15) is 4.79 Å². The molecule has 1 aliphatic carbocycles. The molecular weight excluding hydrogens is 230 g/mol. The zero-order chi connectivity index (χ0) is 13.0. The molecule has 1 unspecified atom stereocenters. The molecule has 0 bridgehead atoms. The van der Waals surface area contributed by atoms with Crippen molar-refractivity contribution in [1.29, 1.82) is 0 Å². The van der Waals surface area contributed by atoms with Crippen molar-refractivity contribution in [3.63, 3.8) is 0 Å². The smallest absolute Gasteiger partial charge is 0.316 e. The summed E-state index contributed by atoms with van der Waals surface area (Å²) in [5.74, 6) is 0. The summed E-state index contributed by atoms with van der Waals surface area (Å²) in [6.07, 6.45) is 5.98. The van der Waals surface area contributed by atoms with E-state index in [0.717, 1.165) is 26.0 Å². The Hall–Kier alpha value is -0.810. The maximum Gasteiger partial charge on any atom is 0.316 e. The lowest BCUT2D eigenvalue weighted by Crippen LogP contribution is -2.51. The largest absolute Gasteiger partial charge is 0.375 e. The highest BCUT2D eigenvalue weighted by molar-refractivity contribution is 5.73. The first-order chi connectivity index (χ1) is 8.61. The maximum atomic E-state index is 11.3. The fourth-order valence-electron chi connectivity index (χ4n) is 2.73. The van der Waals surface area contributed by atoms with Crippen molar-refractivity contribution >= 4 is 6.03 Å². The molecule has 2 amide bonds. The van der Waals surface area contributed by atoms with E-state index in [1.165, 1.54) is 19.3 Å². The fourth-order valence-corrected chi connectivity index (χ4v) is 2.73. The second kappa shape index (κ2) is 5.89. The molecule has 1 heterocycles. The van der Waals surface area contributed by atoms with Crippen molar-refractivity contribution in [2.24, 2.45) is 0 Å². The predicted molar refractivity (Wildman–Crippen MR) is 70.6 cm³/mol. The minimum Gasteiger partial charge on any atom is -0.375 e. The van der Waals surface area contributed by atoms with Crippen LogP contribution in [-0.4, -0.2) is 56.4 Å². The number of rotatable bonds is 4. The molecule has 1 aliphatic heterocycles. The van der Waals surface area contributed by atoms with E-state index in [1.807, 2.05) is 0 Å². The third-order valence-electron chi connectivity index (χ3n) is 4.00. The van der Waals surface area contributed by atoms with Crippen molar-refractivity contribution in [3.8, 4) is 0 Å². The monoisotopic (exact) mass is 255 g/mol. The SMILES string of the molecule is CN(C)C(=O)NCCNC1CCOC2(CCC2)C1. The summed E-state index contributed by atoms with van der Waals surface area (Å²) >= 11 is 0. The van der Waals surface area contributed by atoms with Crippen molar-refractivity contribution < 1.29 is 9.53 Å². The Morgan fingerprint density at radius 1 is 1.39 bits per heavy atom. The molecule has 2 aliphatic rings. The molecule has 0 aromatic heterocycles. The minimum atomic E-state index is -0.0285. The number of hydrogen-bond acceptors (Lipinski definition) is 3. The van der Waals surface area contributed by atoms with Crippen LogP contribution in [-0.2, 0) is 4.74 Å². The molecule has 2 N–H and O–H groups in total. The van der Waals surface area contributed by atoms with Gasteiger partial charge in [-0.25, -0.2) is 4.79 Å². The first-order valence-electron chi connectivity index (χ1n) is 6.94. The van der Waals surface area contributed by atoms with Gasteiger partial charge >= 0.3 is 6.03 Å². The summed E-state index contributed by atoms with van der Waals surface area (Å²) in [7, 11) is 3.50. The number of amides is 2. The van der Waals surface area contributed by atoms with Gasteiger partial charge in [-0.05, 0) is 32.1 Å². The standard InChI is InChI=1S/C13H25N3O2/c1-16(2)12(17)15-8-7-14-11-4-9-18-13(10-11)5-3-6-13/h11,14H,3-10H2,1-2H3,(H,15,17). The van der Waals surface area contributed by atoms with Gasteiger partial charge in [0.1, 0.15) is 0 Å². The summed E-state index contributed by atoms with van der Waals surface area (Å²) in [4.78, 5) is 12.9. The van der Waals surface area contributed by atoms with E-state index in [0.29, 0.717) is 12.6 Å². The number of nitrogens with zero attached hydrogens (tertiary/aromatic N) is 1. The highest BCUT2D eigenvalue weighted by atomic mass is 16.5. The van der Waals surface area contributed by atoms with Crippen LogP contribution in [0.5, 0.6) is 0 Å². The highest BCUT2D eigenvalue weighted by Gasteiger charge is 2.42. The van der Waals surface area contributed by atoms with E-state index in [1.54, 1.807) is 19.0 Å². The molecule has 0 aromatic rings. The fraction of sp³-hybridized carbons (Fsp3) is 0.923. The van der Waals surface area contributed by atoms with Crippen LogP contribution in [0.3, 0.4) is 0 Å². The Labute approximate surface area is 109 Å². The van der Waals surface area contributed by atoms with Crippen molar-refractivity contribution in [3.05, 3.63) is 0 Å². The number of urea groups is 1. The zero-order valence-corrected chi connectivity index (χ0v) is 11.5. The van der Waals surface area contributed by atoms with Gasteiger partial charge in [-0.1, -0.05) is 0 Å². The quantitative estimate of drug-likeness (QED) is 0.735. The molecule has 2 rings (SSSR count). The first-order valence-corrected chi connectivity index (χ1v) is 6.94. The predicted octanol–water partition coefficient (Wildman–Crippen LogP) is 0.949. The van der Waals surface area contributed by atoms with Crippen LogP contribution in [0, 0.1) is 0 Å². The highest BCUT2D eigenvalue weighted by Crippen LogP contribution is 2.42. The molecule has 1 atom stereocenters. The van der Waals surface area contributed by atoms with Gasteiger partial charge in [0.25, 0.3) is 0 Å². The number of ether oxygens (including phenoxy) is 1. The van der Waals surface area contributed by atoms with Crippen LogP contribution in [0.4, 0.5) is 4.79 Å².